The average Bonchev–Trinajstić information content (AvgIpc) is 3.14. The van der Waals surface area contributed by atoms with E-state index in [2.05, 4.69) is 4.99 Å². The van der Waals surface area contributed by atoms with Crippen molar-refractivity contribution >= 4 is 41.0 Å². The van der Waals surface area contributed by atoms with Crippen LogP contribution in [0.5, 0.6) is 11.5 Å². The second-order valence-electron chi connectivity index (χ2n) is 8.09. The van der Waals surface area contributed by atoms with E-state index in [0.29, 0.717) is 54.9 Å². The number of benzene rings is 2. The molecule has 0 N–H and O–H groups in total. The molecule has 4 rings (SSSR count). The lowest BCUT2D eigenvalue weighted by Crippen LogP contribution is -2.39. The Morgan fingerprint density at radius 2 is 1.84 bits per heavy atom. The van der Waals surface area contributed by atoms with Crippen molar-refractivity contribution in [3.8, 4) is 11.5 Å². The summed E-state index contributed by atoms with van der Waals surface area (Å²) in [6.07, 6.45) is 1.71. The van der Waals surface area contributed by atoms with Gasteiger partial charge < -0.3 is 14.2 Å². The molecule has 2 heterocycles. The maximum absolute atomic E-state index is 13.7. The van der Waals surface area contributed by atoms with E-state index in [-0.39, 0.29) is 12.2 Å². The fourth-order valence-electron chi connectivity index (χ4n) is 4.03. The van der Waals surface area contributed by atoms with Crippen LogP contribution in [-0.4, -0.2) is 29.7 Å². The average molecular weight is 541 g/mol. The number of ether oxygens (including phenoxy) is 3. The van der Waals surface area contributed by atoms with Gasteiger partial charge in [-0.2, -0.15) is 0 Å². The van der Waals surface area contributed by atoms with Crippen LogP contribution in [0.4, 0.5) is 0 Å². The molecule has 2 aromatic carbocycles. The summed E-state index contributed by atoms with van der Waals surface area (Å²) < 4.78 is 18.1. The van der Waals surface area contributed by atoms with E-state index in [4.69, 9.17) is 25.8 Å². The molecule has 0 fully saturated rings. The monoisotopic (exact) mass is 540 g/mol. The number of rotatable bonds is 7. The number of esters is 2. The number of carbonyl (C=O) groups excluding carboxylic acids is 2. The molecular weight excluding hydrogens is 516 g/mol. The number of hydrogen-bond acceptors (Lipinski definition) is 8. The standard InChI is InChI=1S/C27H25ClN2O6S/c1-5-34-21-13-17(7-12-20(21)36-16(4)31)14-22-25(32)30-24(18-8-10-19(28)11-9-18)23(26(33)35-6-2)15(3)29-27(30)37-22/h7-14,24H,5-6H2,1-4H3/b22-14+/t24-/m1/s1. The van der Waals surface area contributed by atoms with E-state index in [9.17, 15) is 14.4 Å². The highest BCUT2D eigenvalue weighted by atomic mass is 35.5. The van der Waals surface area contributed by atoms with Crippen LogP contribution in [0.2, 0.25) is 5.02 Å². The van der Waals surface area contributed by atoms with Gasteiger partial charge in [0.25, 0.3) is 5.56 Å². The highest BCUT2D eigenvalue weighted by Crippen LogP contribution is 2.32. The molecule has 8 nitrogen and oxygen atoms in total. The molecule has 0 bridgehead atoms. The minimum Gasteiger partial charge on any atom is -0.490 e. The van der Waals surface area contributed by atoms with E-state index < -0.39 is 18.0 Å². The van der Waals surface area contributed by atoms with E-state index in [1.165, 1.54) is 22.8 Å². The molecule has 37 heavy (non-hydrogen) atoms. The molecule has 192 valence electrons. The predicted octanol–water partition coefficient (Wildman–Crippen LogP) is 3.78. The van der Waals surface area contributed by atoms with Crippen molar-refractivity contribution in [2.75, 3.05) is 13.2 Å². The van der Waals surface area contributed by atoms with Crippen LogP contribution in [0, 0.1) is 0 Å². The summed E-state index contributed by atoms with van der Waals surface area (Å²) >= 11 is 7.31. The van der Waals surface area contributed by atoms with Gasteiger partial charge in [0.2, 0.25) is 0 Å². The normalized spacial score (nSPS) is 15.2. The zero-order valence-corrected chi connectivity index (χ0v) is 22.3. The zero-order chi connectivity index (χ0) is 26.7. The van der Waals surface area contributed by atoms with E-state index >= 15 is 0 Å². The van der Waals surface area contributed by atoms with Gasteiger partial charge in [0, 0.05) is 11.9 Å². The maximum Gasteiger partial charge on any atom is 0.338 e. The van der Waals surface area contributed by atoms with Crippen LogP contribution in [0.15, 0.2) is 63.5 Å². The number of halogens is 1. The third-order valence-electron chi connectivity index (χ3n) is 5.52. The van der Waals surface area contributed by atoms with Crippen LogP contribution >= 0.6 is 22.9 Å². The Hall–Kier alpha value is -3.69. The Kier molecular flexibility index (Phi) is 7.94. The Morgan fingerprint density at radius 3 is 2.49 bits per heavy atom. The molecular formula is C27H25ClN2O6S. The van der Waals surface area contributed by atoms with Crippen LogP contribution in [-0.2, 0) is 14.3 Å². The molecule has 1 atom stereocenters. The van der Waals surface area contributed by atoms with Gasteiger partial charge in [0.05, 0.1) is 35.1 Å². The predicted molar refractivity (Wildman–Crippen MR) is 141 cm³/mol. The first kappa shape index (κ1) is 26.4. The first-order valence-corrected chi connectivity index (χ1v) is 12.8. The highest BCUT2D eigenvalue weighted by molar-refractivity contribution is 7.07. The smallest absolute Gasteiger partial charge is 0.338 e. The van der Waals surface area contributed by atoms with E-state index in [1.54, 1.807) is 62.4 Å². The molecule has 0 unspecified atom stereocenters. The molecule has 0 aliphatic carbocycles. The fourth-order valence-corrected chi connectivity index (χ4v) is 5.20. The molecule has 1 aliphatic rings. The third kappa shape index (κ3) is 5.52. The third-order valence-corrected chi connectivity index (χ3v) is 6.76. The first-order chi connectivity index (χ1) is 17.7. The summed E-state index contributed by atoms with van der Waals surface area (Å²) in [6, 6.07) is 11.3. The van der Waals surface area contributed by atoms with Crippen LogP contribution in [0.3, 0.4) is 0 Å². The zero-order valence-electron chi connectivity index (χ0n) is 20.7. The minimum absolute atomic E-state index is 0.193. The summed E-state index contributed by atoms with van der Waals surface area (Å²) in [5.74, 6) is -0.304. The lowest BCUT2D eigenvalue weighted by atomic mass is 9.96. The number of nitrogens with zero attached hydrogens (tertiary/aromatic N) is 2. The summed E-state index contributed by atoms with van der Waals surface area (Å²) in [6.45, 7) is 7.16. The topological polar surface area (TPSA) is 96.2 Å². The number of aromatic nitrogens is 1. The maximum atomic E-state index is 13.7. The van der Waals surface area contributed by atoms with E-state index in [0.717, 1.165) is 0 Å². The van der Waals surface area contributed by atoms with Gasteiger partial charge in [0.15, 0.2) is 16.3 Å². The summed E-state index contributed by atoms with van der Waals surface area (Å²) in [7, 11) is 0. The molecule has 0 radical (unpaired) electrons. The number of allylic oxidation sites excluding steroid dienone is 1. The molecule has 0 spiro atoms. The van der Waals surface area contributed by atoms with E-state index in [1.807, 2.05) is 6.92 Å². The van der Waals surface area contributed by atoms with Crippen molar-refractivity contribution in [2.24, 2.45) is 4.99 Å². The number of fused-ring (bicyclic) bond motifs is 1. The fraction of sp³-hybridized carbons (Fsp3) is 0.259. The van der Waals surface area contributed by atoms with Gasteiger partial charge in [-0.3, -0.25) is 14.2 Å². The van der Waals surface area contributed by atoms with Crippen molar-refractivity contribution in [2.45, 2.75) is 33.7 Å². The van der Waals surface area contributed by atoms with Crippen LogP contribution in [0.1, 0.15) is 44.9 Å². The van der Waals surface area contributed by atoms with Crippen molar-refractivity contribution < 1.29 is 23.8 Å². The molecule has 3 aromatic rings. The van der Waals surface area contributed by atoms with Crippen LogP contribution in [0.25, 0.3) is 6.08 Å². The summed E-state index contributed by atoms with van der Waals surface area (Å²) in [4.78, 5) is 43.1. The number of carbonyl (C=O) groups is 2. The largest absolute Gasteiger partial charge is 0.490 e. The molecule has 1 aliphatic heterocycles. The Bertz CT molecular complexity index is 1570. The van der Waals surface area contributed by atoms with Crippen molar-refractivity contribution in [1.29, 1.82) is 0 Å². The Labute approximate surface area is 222 Å². The molecule has 1 aromatic heterocycles. The summed E-state index contributed by atoms with van der Waals surface area (Å²) in [5, 5.41) is 0.539. The highest BCUT2D eigenvalue weighted by Gasteiger charge is 2.33. The quantitative estimate of drug-likeness (QED) is 0.334. The van der Waals surface area contributed by atoms with Gasteiger partial charge in [-0.25, -0.2) is 9.79 Å². The van der Waals surface area contributed by atoms with Gasteiger partial charge in [0.1, 0.15) is 0 Å². The van der Waals surface area contributed by atoms with Crippen LogP contribution < -0.4 is 24.4 Å². The minimum atomic E-state index is -0.722. The number of hydrogen-bond donors (Lipinski definition) is 0. The second kappa shape index (κ2) is 11.1. The van der Waals surface area contributed by atoms with Crippen molar-refractivity contribution in [3.63, 3.8) is 0 Å². The SMILES string of the molecule is CCOC(=O)C1=C(C)N=c2s/c(=C/c3ccc(OC(C)=O)c(OCC)c3)c(=O)n2[C@@H]1c1ccc(Cl)cc1. The molecule has 0 saturated heterocycles. The first-order valence-electron chi connectivity index (χ1n) is 11.6. The van der Waals surface area contributed by atoms with Crippen molar-refractivity contribution in [1.82, 2.24) is 4.57 Å². The molecule has 0 saturated carbocycles. The molecule has 0 amide bonds. The van der Waals surface area contributed by atoms with Gasteiger partial charge in [-0.15, -0.1) is 0 Å². The lowest BCUT2D eigenvalue weighted by Gasteiger charge is -2.24. The lowest BCUT2D eigenvalue weighted by molar-refractivity contribution is -0.139. The Morgan fingerprint density at radius 1 is 1.11 bits per heavy atom. The van der Waals surface area contributed by atoms with Gasteiger partial charge in [-0.1, -0.05) is 41.1 Å². The summed E-state index contributed by atoms with van der Waals surface area (Å²) in [5.41, 5.74) is 1.86. The Balaban J connectivity index is 1.88. The van der Waals surface area contributed by atoms with Gasteiger partial charge >= 0.3 is 11.9 Å². The molecule has 10 heteroatoms. The van der Waals surface area contributed by atoms with Gasteiger partial charge in [-0.05, 0) is 62.2 Å². The van der Waals surface area contributed by atoms with Crippen molar-refractivity contribution in [3.05, 3.63) is 89.6 Å². The number of thiazole rings is 1. The second-order valence-corrected chi connectivity index (χ2v) is 9.53.